The number of ether oxygens (including phenoxy) is 1. The van der Waals surface area contributed by atoms with Crippen LogP contribution in [0.5, 0.6) is 0 Å². The van der Waals surface area contributed by atoms with Gasteiger partial charge in [0, 0.05) is 36.8 Å². The summed E-state index contributed by atoms with van der Waals surface area (Å²) < 4.78 is 5.23. The lowest BCUT2D eigenvalue weighted by atomic mass is 10.0. The average molecular weight is 243 g/mol. The lowest BCUT2D eigenvalue weighted by molar-refractivity contribution is 0.0947. The summed E-state index contributed by atoms with van der Waals surface area (Å²) in [6, 6.07) is 9.50. The number of carbonyl (C=O) groups excluding carboxylic acids is 1. The van der Waals surface area contributed by atoms with Crippen molar-refractivity contribution in [3.63, 3.8) is 0 Å². The zero-order valence-electron chi connectivity index (χ0n) is 10.6. The van der Waals surface area contributed by atoms with Crippen LogP contribution in [0.1, 0.15) is 30.1 Å². The molecule has 0 atom stereocenters. The fraction of sp³-hybridized carbons (Fsp3) is 0.333. The van der Waals surface area contributed by atoms with E-state index in [1.54, 1.807) is 6.20 Å². The third kappa shape index (κ3) is 3.14. The van der Waals surface area contributed by atoms with Crippen molar-refractivity contribution in [3.05, 3.63) is 42.1 Å². The highest BCUT2D eigenvalue weighted by Gasteiger charge is 2.06. The first kappa shape index (κ1) is 12.7. The number of hydrogen-bond donors (Lipinski definition) is 0. The summed E-state index contributed by atoms with van der Waals surface area (Å²) in [5, 5.41) is 1.01. The minimum Gasteiger partial charge on any atom is -0.382 e. The highest BCUT2D eigenvalue weighted by atomic mass is 16.5. The molecule has 3 nitrogen and oxygen atoms in total. The number of Topliss-reactive ketones (excluding diaryl/α,β-unsaturated/α-hetero) is 1. The third-order valence-electron chi connectivity index (χ3n) is 2.82. The maximum Gasteiger partial charge on any atom is 0.162 e. The minimum atomic E-state index is 0.167. The average Bonchev–Trinajstić information content (AvgIpc) is 2.43. The Hall–Kier alpha value is -1.74. The Bertz CT molecular complexity index is 537. The summed E-state index contributed by atoms with van der Waals surface area (Å²) in [7, 11) is 0. The van der Waals surface area contributed by atoms with E-state index in [0.29, 0.717) is 19.6 Å². The SMILES string of the molecule is CCOCCCC(=O)c1ccc2ncccc2c1. The summed E-state index contributed by atoms with van der Waals surface area (Å²) in [5.74, 6) is 0.167. The first-order valence-electron chi connectivity index (χ1n) is 6.27. The molecule has 0 N–H and O–H groups in total. The Morgan fingerprint density at radius 3 is 3.06 bits per heavy atom. The van der Waals surface area contributed by atoms with Gasteiger partial charge in [-0.3, -0.25) is 9.78 Å². The van der Waals surface area contributed by atoms with Crippen molar-refractivity contribution in [2.75, 3.05) is 13.2 Å². The van der Waals surface area contributed by atoms with E-state index < -0.39 is 0 Å². The molecule has 0 fully saturated rings. The van der Waals surface area contributed by atoms with Gasteiger partial charge >= 0.3 is 0 Å². The number of nitrogens with zero attached hydrogens (tertiary/aromatic N) is 1. The van der Waals surface area contributed by atoms with Crippen LogP contribution >= 0.6 is 0 Å². The van der Waals surface area contributed by atoms with E-state index in [4.69, 9.17) is 4.74 Å². The number of carbonyl (C=O) groups is 1. The molecule has 0 saturated heterocycles. The molecule has 0 spiro atoms. The topological polar surface area (TPSA) is 39.2 Å². The normalized spacial score (nSPS) is 10.7. The predicted molar refractivity (Wildman–Crippen MR) is 71.8 cm³/mol. The second kappa shape index (κ2) is 6.26. The van der Waals surface area contributed by atoms with Gasteiger partial charge in [0.25, 0.3) is 0 Å². The van der Waals surface area contributed by atoms with E-state index in [1.807, 2.05) is 37.3 Å². The molecule has 3 heteroatoms. The zero-order chi connectivity index (χ0) is 12.8. The van der Waals surface area contributed by atoms with E-state index in [0.717, 1.165) is 22.9 Å². The molecule has 0 aliphatic rings. The molecular weight excluding hydrogens is 226 g/mol. The number of fused-ring (bicyclic) bond motifs is 1. The molecular formula is C15H17NO2. The van der Waals surface area contributed by atoms with Crippen LogP contribution in [-0.2, 0) is 4.74 Å². The lowest BCUT2D eigenvalue weighted by Gasteiger charge is -2.03. The molecule has 0 radical (unpaired) electrons. The van der Waals surface area contributed by atoms with Crippen molar-refractivity contribution in [3.8, 4) is 0 Å². The molecule has 0 unspecified atom stereocenters. The molecule has 2 rings (SSSR count). The molecule has 0 amide bonds. The van der Waals surface area contributed by atoms with E-state index >= 15 is 0 Å². The van der Waals surface area contributed by atoms with Crippen LogP contribution < -0.4 is 0 Å². The van der Waals surface area contributed by atoms with E-state index in [1.165, 1.54) is 0 Å². The van der Waals surface area contributed by atoms with Crippen molar-refractivity contribution in [2.24, 2.45) is 0 Å². The van der Waals surface area contributed by atoms with Gasteiger partial charge in [-0.05, 0) is 37.6 Å². The predicted octanol–water partition coefficient (Wildman–Crippen LogP) is 3.23. The van der Waals surface area contributed by atoms with Crippen molar-refractivity contribution < 1.29 is 9.53 Å². The highest BCUT2D eigenvalue weighted by Crippen LogP contribution is 2.15. The molecule has 94 valence electrons. The van der Waals surface area contributed by atoms with Gasteiger partial charge in [-0.25, -0.2) is 0 Å². The molecule has 1 aromatic heterocycles. The monoisotopic (exact) mass is 243 g/mol. The Morgan fingerprint density at radius 2 is 2.22 bits per heavy atom. The van der Waals surface area contributed by atoms with Gasteiger partial charge in [0.1, 0.15) is 0 Å². The van der Waals surface area contributed by atoms with Crippen molar-refractivity contribution in [1.82, 2.24) is 4.98 Å². The van der Waals surface area contributed by atoms with Crippen LogP contribution in [-0.4, -0.2) is 24.0 Å². The van der Waals surface area contributed by atoms with Crippen molar-refractivity contribution >= 4 is 16.7 Å². The third-order valence-corrected chi connectivity index (χ3v) is 2.82. The summed E-state index contributed by atoms with van der Waals surface area (Å²) in [6.45, 7) is 3.31. The van der Waals surface area contributed by atoms with Crippen LogP contribution in [0.3, 0.4) is 0 Å². The smallest absolute Gasteiger partial charge is 0.162 e. The first-order valence-corrected chi connectivity index (χ1v) is 6.27. The Kier molecular flexibility index (Phi) is 4.42. The van der Waals surface area contributed by atoms with Gasteiger partial charge in [0.15, 0.2) is 5.78 Å². The molecule has 18 heavy (non-hydrogen) atoms. The molecule has 1 aromatic carbocycles. The summed E-state index contributed by atoms with van der Waals surface area (Å²) in [5.41, 5.74) is 1.68. The second-order valence-electron chi connectivity index (χ2n) is 4.13. The highest BCUT2D eigenvalue weighted by molar-refractivity contribution is 5.99. The van der Waals surface area contributed by atoms with Crippen LogP contribution in [0, 0.1) is 0 Å². The lowest BCUT2D eigenvalue weighted by Crippen LogP contribution is -2.02. The summed E-state index contributed by atoms with van der Waals surface area (Å²) in [6.07, 6.45) is 3.06. The standard InChI is InChI=1S/C15H17NO2/c1-2-18-10-4-6-15(17)13-7-8-14-12(11-13)5-3-9-16-14/h3,5,7-9,11H,2,4,6,10H2,1H3. The Morgan fingerprint density at radius 1 is 1.33 bits per heavy atom. The molecule has 0 bridgehead atoms. The van der Waals surface area contributed by atoms with Crippen LogP contribution in [0.25, 0.3) is 10.9 Å². The van der Waals surface area contributed by atoms with E-state index in [2.05, 4.69) is 4.98 Å². The largest absolute Gasteiger partial charge is 0.382 e. The Balaban J connectivity index is 2.04. The second-order valence-corrected chi connectivity index (χ2v) is 4.13. The van der Waals surface area contributed by atoms with E-state index in [-0.39, 0.29) is 5.78 Å². The zero-order valence-corrected chi connectivity index (χ0v) is 10.6. The molecule has 0 aliphatic heterocycles. The first-order chi connectivity index (χ1) is 8.81. The maximum absolute atomic E-state index is 12.0. The summed E-state index contributed by atoms with van der Waals surface area (Å²) >= 11 is 0. The van der Waals surface area contributed by atoms with Gasteiger partial charge < -0.3 is 4.74 Å². The number of benzene rings is 1. The molecule has 0 aliphatic carbocycles. The maximum atomic E-state index is 12.0. The van der Waals surface area contributed by atoms with Crippen LogP contribution in [0.4, 0.5) is 0 Å². The van der Waals surface area contributed by atoms with Crippen molar-refractivity contribution in [1.29, 1.82) is 0 Å². The van der Waals surface area contributed by atoms with Gasteiger partial charge in [0.2, 0.25) is 0 Å². The molecule has 0 saturated carbocycles. The molecule has 1 heterocycles. The van der Waals surface area contributed by atoms with E-state index in [9.17, 15) is 4.79 Å². The number of aromatic nitrogens is 1. The van der Waals surface area contributed by atoms with Crippen LogP contribution in [0.2, 0.25) is 0 Å². The number of pyridine rings is 1. The Labute approximate surface area is 107 Å². The number of rotatable bonds is 6. The fourth-order valence-corrected chi connectivity index (χ4v) is 1.87. The minimum absolute atomic E-state index is 0.167. The van der Waals surface area contributed by atoms with Crippen molar-refractivity contribution in [2.45, 2.75) is 19.8 Å². The molecule has 2 aromatic rings. The van der Waals surface area contributed by atoms with Crippen LogP contribution in [0.15, 0.2) is 36.5 Å². The van der Waals surface area contributed by atoms with Gasteiger partial charge in [-0.2, -0.15) is 0 Å². The van der Waals surface area contributed by atoms with Gasteiger partial charge in [0.05, 0.1) is 5.52 Å². The number of hydrogen-bond acceptors (Lipinski definition) is 3. The summed E-state index contributed by atoms with van der Waals surface area (Å²) in [4.78, 5) is 16.2. The fourth-order valence-electron chi connectivity index (χ4n) is 1.87. The van der Waals surface area contributed by atoms with Gasteiger partial charge in [-0.15, -0.1) is 0 Å². The quantitative estimate of drug-likeness (QED) is 0.577. The van der Waals surface area contributed by atoms with Gasteiger partial charge in [-0.1, -0.05) is 6.07 Å². The number of ketones is 1.